The number of carbonyl (C=O) groups is 1. The lowest BCUT2D eigenvalue weighted by atomic mass is 10.2. The van der Waals surface area contributed by atoms with Crippen molar-refractivity contribution in [2.45, 2.75) is 13.5 Å². The van der Waals surface area contributed by atoms with E-state index in [9.17, 15) is 4.79 Å². The molecule has 8 heteroatoms. The van der Waals surface area contributed by atoms with Crippen molar-refractivity contribution < 1.29 is 30.7 Å². The number of nitrogens with one attached hydrogen (secondary N) is 1. The normalized spacial score (nSPS) is 9.32. The van der Waals surface area contributed by atoms with E-state index in [-0.39, 0.29) is 16.4 Å². The van der Waals surface area contributed by atoms with Crippen LogP contribution in [0.4, 0.5) is 0 Å². The van der Waals surface area contributed by atoms with Gasteiger partial charge in [-0.25, -0.2) is 4.98 Å². The number of fused-ring (bicyclic) bond motifs is 1. The van der Waals surface area contributed by atoms with E-state index in [1.54, 1.807) is 18.2 Å². The van der Waals surface area contributed by atoms with Crippen LogP contribution in [0.25, 0.3) is 11.0 Å². The quantitative estimate of drug-likeness (QED) is 0.654. The Kier molecular flexibility index (Phi) is 8.86. The number of aromatic nitrogens is 2. The van der Waals surface area contributed by atoms with E-state index in [0.717, 1.165) is 23.1 Å². The second-order valence-electron chi connectivity index (χ2n) is 4.75. The summed E-state index contributed by atoms with van der Waals surface area (Å²) in [5.74, 6) is 1.89. The maximum Gasteiger partial charge on any atom is 0.161 e. The Morgan fingerprint density at radius 3 is 2.48 bits per heavy atom. The molecule has 0 bridgehead atoms. The van der Waals surface area contributed by atoms with Gasteiger partial charge in [0.15, 0.2) is 11.5 Å². The van der Waals surface area contributed by atoms with E-state index in [1.807, 2.05) is 31.2 Å². The van der Waals surface area contributed by atoms with Crippen LogP contribution in [0.15, 0.2) is 42.5 Å². The second-order valence-corrected chi connectivity index (χ2v) is 4.75. The van der Waals surface area contributed by atoms with Crippen molar-refractivity contribution in [1.29, 1.82) is 0 Å². The molecule has 25 heavy (non-hydrogen) atoms. The van der Waals surface area contributed by atoms with E-state index >= 15 is 0 Å². The Morgan fingerprint density at radius 1 is 1.04 bits per heavy atom. The van der Waals surface area contributed by atoms with Gasteiger partial charge in [0, 0.05) is 5.56 Å². The number of rotatable bonds is 6. The number of para-hydroxylation sites is 2. The molecular formula is C17H22N2O6. The lowest BCUT2D eigenvalue weighted by Gasteiger charge is -2.11. The number of nitrogens with zero attached hydrogens (tertiary/aromatic N) is 1. The number of aromatic amines is 1. The van der Waals surface area contributed by atoms with Crippen molar-refractivity contribution in [3.8, 4) is 11.5 Å². The van der Waals surface area contributed by atoms with Crippen LogP contribution >= 0.6 is 0 Å². The minimum absolute atomic E-state index is 0. The van der Waals surface area contributed by atoms with Crippen LogP contribution in [0.2, 0.25) is 0 Å². The molecule has 0 amide bonds. The monoisotopic (exact) mass is 350 g/mol. The predicted molar refractivity (Wildman–Crippen MR) is 94.3 cm³/mol. The summed E-state index contributed by atoms with van der Waals surface area (Å²) < 4.78 is 11.3. The lowest BCUT2D eigenvalue weighted by Crippen LogP contribution is -2.01. The highest BCUT2D eigenvalue weighted by Crippen LogP contribution is 2.28. The van der Waals surface area contributed by atoms with Gasteiger partial charge in [-0.2, -0.15) is 0 Å². The Balaban J connectivity index is 0.00000192. The third-order valence-corrected chi connectivity index (χ3v) is 3.21. The molecule has 0 aliphatic carbocycles. The number of aldehydes is 1. The van der Waals surface area contributed by atoms with Gasteiger partial charge in [-0.1, -0.05) is 12.1 Å². The van der Waals surface area contributed by atoms with Gasteiger partial charge >= 0.3 is 0 Å². The van der Waals surface area contributed by atoms with Gasteiger partial charge in [0.2, 0.25) is 0 Å². The van der Waals surface area contributed by atoms with Crippen molar-refractivity contribution >= 4 is 17.3 Å². The highest BCUT2D eigenvalue weighted by Gasteiger charge is 2.08. The first kappa shape index (κ1) is 22.1. The van der Waals surface area contributed by atoms with Crippen LogP contribution in [-0.2, 0) is 6.61 Å². The average Bonchev–Trinajstić information content (AvgIpc) is 2.96. The number of carbonyl (C=O) groups excluding carboxylic acids is 1. The molecule has 0 atom stereocenters. The zero-order valence-corrected chi connectivity index (χ0v) is 13.7. The van der Waals surface area contributed by atoms with Gasteiger partial charge in [0.05, 0.1) is 17.6 Å². The van der Waals surface area contributed by atoms with E-state index in [1.165, 1.54) is 0 Å². The molecule has 0 saturated carbocycles. The van der Waals surface area contributed by atoms with Crippen molar-refractivity contribution in [3.63, 3.8) is 0 Å². The summed E-state index contributed by atoms with van der Waals surface area (Å²) in [6, 6.07) is 12.9. The third-order valence-electron chi connectivity index (χ3n) is 3.21. The second kappa shape index (κ2) is 10.0. The van der Waals surface area contributed by atoms with Crippen molar-refractivity contribution in [1.82, 2.24) is 9.97 Å². The summed E-state index contributed by atoms with van der Waals surface area (Å²) in [5, 5.41) is 0. The highest BCUT2D eigenvalue weighted by molar-refractivity contribution is 5.76. The van der Waals surface area contributed by atoms with Crippen LogP contribution in [0.3, 0.4) is 0 Å². The maximum atomic E-state index is 10.8. The first-order valence-electron chi connectivity index (χ1n) is 7.08. The van der Waals surface area contributed by atoms with Crippen LogP contribution in [0.5, 0.6) is 11.5 Å². The molecule has 0 radical (unpaired) electrons. The van der Waals surface area contributed by atoms with Gasteiger partial charge in [0.1, 0.15) is 18.7 Å². The van der Waals surface area contributed by atoms with E-state index in [0.29, 0.717) is 30.3 Å². The minimum Gasteiger partial charge on any atom is -0.490 e. The summed E-state index contributed by atoms with van der Waals surface area (Å²) >= 11 is 0. The largest absolute Gasteiger partial charge is 0.490 e. The zero-order valence-electron chi connectivity index (χ0n) is 13.7. The summed E-state index contributed by atoms with van der Waals surface area (Å²) in [6.07, 6.45) is 0.783. The molecule has 8 nitrogen and oxygen atoms in total. The number of ether oxygens (including phenoxy) is 2. The molecular weight excluding hydrogens is 328 g/mol. The molecule has 0 unspecified atom stereocenters. The molecule has 7 N–H and O–H groups in total. The fourth-order valence-corrected chi connectivity index (χ4v) is 2.21. The maximum absolute atomic E-state index is 10.8. The molecule has 1 aromatic heterocycles. The predicted octanol–water partition coefficient (Wildman–Crippen LogP) is 0.879. The third kappa shape index (κ3) is 5.01. The molecule has 1 heterocycles. The topological polar surface area (TPSA) is 159 Å². The fourth-order valence-electron chi connectivity index (χ4n) is 2.21. The smallest absolute Gasteiger partial charge is 0.161 e. The molecule has 0 aliphatic rings. The van der Waals surface area contributed by atoms with Crippen molar-refractivity contribution in [2.24, 2.45) is 0 Å². The molecule has 0 fully saturated rings. The molecule has 2 aromatic carbocycles. The average molecular weight is 350 g/mol. The number of benzene rings is 2. The Bertz CT molecular complexity index is 770. The Labute approximate surface area is 144 Å². The van der Waals surface area contributed by atoms with E-state index in [4.69, 9.17) is 9.47 Å². The summed E-state index contributed by atoms with van der Waals surface area (Å²) in [6.45, 7) is 2.69. The molecule has 0 spiro atoms. The van der Waals surface area contributed by atoms with Gasteiger partial charge in [-0.3, -0.25) is 4.79 Å². The molecule has 136 valence electrons. The number of hydrogen-bond donors (Lipinski definition) is 1. The first-order valence-corrected chi connectivity index (χ1v) is 7.08. The molecule has 0 saturated heterocycles. The summed E-state index contributed by atoms with van der Waals surface area (Å²) in [4.78, 5) is 18.5. The number of H-pyrrole nitrogens is 1. The summed E-state index contributed by atoms with van der Waals surface area (Å²) in [7, 11) is 0. The summed E-state index contributed by atoms with van der Waals surface area (Å²) in [5.41, 5.74) is 2.43. The van der Waals surface area contributed by atoms with E-state index in [2.05, 4.69) is 9.97 Å². The molecule has 3 rings (SSSR count). The van der Waals surface area contributed by atoms with E-state index < -0.39 is 0 Å². The van der Waals surface area contributed by atoms with Gasteiger partial charge < -0.3 is 30.9 Å². The standard InChI is InChI=1S/C17H16N2O3.3H2O/c1-2-21-16-9-12(10-20)7-8-15(16)22-11-17-18-13-5-3-4-6-14(13)19-17;;;/h3-10H,2,11H2,1H3,(H,18,19);3*1H2. The van der Waals surface area contributed by atoms with Crippen molar-refractivity contribution in [2.75, 3.05) is 6.61 Å². The van der Waals surface area contributed by atoms with Crippen LogP contribution in [-0.4, -0.2) is 39.3 Å². The van der Waals surface area contributed by atoms with Crippen LogP contribution in [0, 0.1) is 0 Å². The van der Waals surface area contributed by atoms with Gasteiger partial charge in [-0.15, -0.1) is 0 Å². The first-order chi connectivity index (χ1) is 10.8. The Morgan fingerprint density at radius 2 is 1.80 bits per heavy atom. The highest BCUT2D eigenvalue weighted by atomic mass is 16.5. The minimum atomic E-state index is 0. The number of imidazole rings is 1. The SMILES string of the molecule is CCOc1cc(C=O)ccc1OCc1nc2ccccc2[nH]1.O.O.O. The lowest BCUT2D eigenvalue weighted by molar-refractivity contribution is 0.112. The fraction of sp³-hybridized carbons (Fsp3) is 0.176. The zero-order chi connectivity index (χ0) is 15.4. The molecule has 0 aliphatic heterocycles. The van der Waals surface area contributed by atoms with Crippen LogP contribution in [0.1, 0.15) is 23.1 Å². The van der Waals surface area contributed by atoms with Gasteiger partial charge in [-0.05, 0) is 37.3 Å². The number of hydrogen-bond acceptors (Lipinski definition) is 4. The Hall–Kier alpha value is -2.94. The van der Waals surface area contributed by atoms with Crippen LogP contribution < -0.4 is 9.47 Å². The molecule has 3 aromatic rings. The van der Waals surface area contributed by atoms with Gasteiger partial charge in [0.25, 0.3) is 0 Å². The van der Waals surface area contributed by atoms with Crippen molar-refractivity contribution in [3.05, 3.63) is 53.9 Å².